The summed E-state index contributed by atoms with van der Waals surface area (Å²) in [6.45, 7) is 2.53. The third-order valence-corrected chi connectivity index (χ3v) is 12.4. The standard InChI is InChI=1S/C43H27B3N2O2/c1-24-21-22-34-39-43(24)50-36-19-9-5-14-28(36)46(39)30-23-29-41-40-42(30)48(34)32-16-7-3-12-26(32)44(40)25-11-2-6-15-31(25)47(41)33-17-10-20-37-38(33)45(29)27-13-4-8-18-35(27)49-37/h2-24,43H,1H3. The Kier molecular flexibility index (Phi) is 4.62. The molecule has 4 nitrogen and oxygen atoms in total. The SMILES string of the molecule is CC1C=CC2=C3B(c4ccccc4OC31)c1cc3c4c5c1N2c1ccccc1B5c1ccccc1N4c1cccc2c1B3c1ccccc1O2. The first-order valence-corrected chi connectivity index (χ1v) is 17.8. The minimum absolute atomic E-state index is 0.0336. The van der Waals surface area contributed by atoms with Crippen molar-refractivity contribution in [3.63, 3.8) is 0 Å². The molecule has 0 saturated carbocycles. The normalized spacial score (nSPS) is 19.7. The first kappa shape index (κ1) is 26.1. The number of hydrogen-bond donors (Lipinski definition) is 0. The van der Waals surface area contributed by atoms with Crippen LogP contribution < -0.4 is 63.0 Å². The van der Waals surface area contributed by atoms with E-state index in [1.165, 1.54) is 83.3 Å². The smallest absolute Gasteiger partial charge is 0.256 e. The molecule has 2 atom stereocenters. The van der Waals surface area contributed by atoms with Crippen LogP contribution in [0.5, 0.6) is 17.2 Å². The lowest BCUT2D eigenvalue weighted by atomic mass is 9.25. The van der Waals surface area contributed by atoms with Crippen molar-refractivity contribution >= 4 is 92.3 Å². The summed E-state index contributed by atoms with van der Waals surface area (Å²) in [6, 6.07) is 44.8. The summed E-state index contributed by atoms with van der Waals surface area (Å²) >= 11 is 0. The molecule has 6 heterocycles. The Morgan fingerprint density at radius 2 is 1.10 bits per heavy atom. The van der Waals surface area contributed by atoms with Gasteiger partial charge in [-0.15, -0.1) is 0 Å². The second-order valence-corrected chi connectivity index (χ2v) is 14.7. The van der Waals surface area contributed by atoms with E-state index < -0.39 is 0 Å². The molecular weight excluding hydrogens is 609 g/mol. The lowest BCUT2D eigenvalue weighted by Crippen LogP contribution is -2.71. The molecule has 0 fully saturated rings. The number of fused-ring (bicyclic) bond motifs is 14. The molecule has 7 aliphatic rings. The van der Waals surface area contributed by atoms with E-state index >= 15 is 0 Å². The summed E-state index contributed by atoms with van der Waals surface area (Å²) in [4.78, 5) is 5.17. The third-order valence-electron chi connectivity index (χ3n) is 12.4. The first-order valence-electron chi connectivity index (χ1n) is 17.8. The Morgan fingerprint density at radius 1 is 0.520 bits per heavy atom. The predicted molar refractivity (Wildman–Crippen MR) is 207 cm³/mol. The van der Waals surface area contributed by atoms with Crippen LogP contribution in [0.1, 0.15) is 6.92 Å². The van der Waals surface area contributed by atoms with Crippen molar-refractivity contribution in [3.05, 3.63) is 145 Å². The summed E-state index contributed by atoms with van der Waals surface area (Å²) in [7, 11) is 0. The summed E-state index contributed by atoms with van der Waals surface area (Å²) in [5.74, 6) is 3.15. The lowest BCUT2D eigenvalue weighted by Gasteiger charge is -2.53. The third kappa shape index (κ3) is 2.90. The lowest BCUT2D eigenvalue weighted by molar-refractivity contribution is 0.201. The zero-order valence-corrected chi connectivity index (χ0v) is 27.3. The zero-order valence-electron chi connectivity index (χ0n) is 27.3. The van der Waals surface area contributed by atoms with E-state index in [1.807, 2.05) is 0 Å². The van der Waals surface area contributed by atoms with Gasteiger partial charge in [0.15, 0.2) is 0 Å². The topological polar surface area (TPSA) is 24.9 Å². The molecule has 0 spiro atoms. The molecule has 1 aliphatic carbocycles. The maximum absolute atomic E-state index is 6.94. The number of benzene rings is 6. The second kappa shape index (κ2) is 8.85. The first-order chi connectivity index (χ1) is 24.8. The highest BCUT2D eigenvalue weighted by Gasteiger charge is 2.55. The van der Waals surface area contributed by atoms with Gasteiger partial charge < -0.3 is 19.3 Å². The fraction of sp³-hybridized carbons (Fsp3) is 0.0698. The largest absolute Gasteiger partial charge is 0.487 e. The minimum atomic E-state index is -0.0336. The van der Waals surface area contributed by atoms with Gasteiger partial charge in [-0.2, -0.15) is 0 Å². The van der Waals surface area contributed by atoms with Gasteiger partial charge in [0.25, 0.3) is 20.1 Å². The van der Waals surface area contributed by atoms with E-state index in [-0.39, 0.29) is 32.2 Å². The van der Waals surface area contributed by atoms with E-state index in [0.717, 1.165) is 17.2 Å². The van der Waals surface area contributed by atoms with Crippen LogP contribution in [-0.4, -0.2) is 26.2 Å². The van der Waals surface area contributed by atoms with Crippen LogP contribution in [0.25, 0.3) is 0 Å². The highest BCUT2D eigenvalue weighted by Crippen LogP contribution is 2.48. The van der Waals surface area contributed by atoms with E-state index in [0.29, 0.717) is 0 Å². The van der Waals surface area contributed by atoms with Crippen molar-refractivity contribution in [2.24, 2.45) is 5.92 Å². The molecule has 0 radical (unpaired) electrons. The maximum atomic E-state index is 6.94. The highest BCUT2D eigenvalue weighted by atomic mass is 16.5. The number of nitrogens with zero attached hydrogens (tertiary/aromatic N) is 2. The van der Waals surface area contributed by atoms with Gasteiger partial charge in [-0.1, -0.05) is 97.9 Å². The molecule has 6 aromatic rings. The minimum Gasteiger partial charge on any atom is -0.487 e. The quantitative estimate of drug-likeness (QED) is 0.237. The summed E-state index contributed by atoms with van der Waals surface area (Å²) in [6.07, 6.45) is 4.71. The Bertz CT molecular complexity index is 2650. The van der Waals surface area contributed by atoms with Gasteiger partial charge in [-0.05, 0) is 91.6 Å². The van der Waals surface area contributed by atoms with Gasteiger partial charge in [0.2, 0.25) is 0 Å². The molecule has 13 rings (SSSR count). The van der Waals surface area contributed by atoms with E-state index in [9.17, 15) is 0 Å². The molecule has 0 bridgehead atoms. The Morgan fingerprint density at radius 3 is 1.90 bits per heavy atom. The zero-order chi connectivity index (χ0) is 32.4. The molecule has 6 aromatic carbocycles. The van der Waals surface area contributed by atoms with Crippen LogP contribution in [0.15, 0.2) is 145 Å². The van der Waals surface area contributed by atoms with Gasteiger partial charge in [-0.3, -0.25) is 0 Å². The molecular formula is C43H27B3N2O2. The van der Waals surface area contributed by atoms with E-state index in [1.54, 1.807) is 0 Å². The number of rotatable bonds is 0. The maximum Gasteiger partial charge on any atom is 0.256 e. The van der Waals surface area contributed by atoms with Crippen LogP contribution in [-0.2, 0) is 0 Å². The summed E-state index contributed by atoms with van der Waals surface area (Å²) < 4.78 is 13.6. The molecule has 7 heteroatoms. The van der Waals surface area contributed by atoms with Crippen LogP contribution >= 0.6 is 0 Å². The van der Waals surface area contributed by atoms with Crippen molar-refractivity contribution in [3.8, 4) is 17.2 Å². The van der Waals surface area contributed by atoms with Gasteiger partial charge in [0.1, 0.15) is 23.4 Å². The average Bonchev–Trinajstić information content (AvgIpc) is 3.17. The molecule has 0 N–H and O–H groups in total. The molecule has 230 valence electrons. The van der Waals surface area contributed by atoms with Crippen LogP contribution in [0.2, 0.25) is 0 Å². The Balaban J connectivity index is 1.24. The molecule has 2 unspecified atom stereocenters. The monoisotopic (exact) mass is 636 g/mol. The average molecular weight is 636 g/mol. The van der Waals surface area contributed by atoms with E-state index in [2.05, 4.69) is 150 Å². The highest BCUT2D eigenvalue weighted by molar-refractivity contribution is 7.06. The van der Waals surface area contributed by atoms with E-state index in [4.69, 9.17) is 9.47 Å². The Hall–Kier alpha value is -5.81. The number of anilines is 5. The fourth-order valence-corrected chi connectivity index (χ4v) is 10.6. The number of para-hydroxylation sites is 4. The number of allylic oxidation sites excluding steroid dienone is 1. The number of ether oxygens (including phenoxy) is 2. The molecule has 0 amide bonds. The van der Waals surface area contributed by atoms with Gasteiger partial charge >= 0.3 is 0 Å². The predicted octanol–water partition coefficient (Wildman–Crippen LogP) is 3.76. The van der Waals surface area contributed by atoms with Gasteiger partial charge in [0.05, 0.1) is 0 Å². The fourth-order valence-electron chi connectivity index (χ4n) is 10.6. The number of hydrogen-bond acceptors (Lipinski definition) is 4. The van der Waals surface area contributed by atoms with Crippen molar-refractivity contribution < 1.29 is 9.47 Å². The van der Waals surface area contributed by atoms with Crippen LogP contribution in [0.4, 0.5) is 28.4 Å². The summed E-state index contributed by atoms with van der Waals surface area (Å²) in [5, 5.41) is 0. The molecule has 6 aliphatic heterocycles. The Labute approximate surface area is 291 Å². The van der Waals surface area contributed by atoms with Crippen molar-refractivity contribution in [1.82, 2.24) is 0 Å². The van der Waals surface area contributed by atoms with Crippen molar-refractivity contribution in [2.45, 2.75) is 13.0 Å². The van der Waals surface area contributed by atoms with Crippen molar-refractivity contribution in [1.29, 1.82) is 0 Å². The van der Waals surface area contributed by atoms with Crippen LogP contribution in [0, 0.1) is 5.92 Å². The van der Waals surface area contributed by atoms with Crippen LogP contribution in [0.3, 0.4) is 0 Å². The molecule has 50 heavy (non-hydrogen) atoms. The van der Waals surface area contributed by atoms with Gasteiger partial charge in [-0.25, -0.2) is 0 Å². The molecule has 0 saturated heterocycles. The second-order valence-electron chi connectivity index (χ2n) is 14.7. The van der Waals surface area contributed by atoms with Crippen molar-refractivity contribution in [2.75, 3.05) is 9.80 Å². The van der Waals surface area contributed by atoms with Gasteiger partial charge in [0, 0.05) is 40.1 Å². The summed E-state index contributed by atoms with van der Waals surface area (Å²) in [5.41, 5.74) is 19.6. The molecule has 0 aromatic heterocycles.